The maximum absolute atomic E-state index is 5.91. The van der Waals surface area contributed by atoms with Crippen LogP contribution < -0.4 is 5.73 Å². The summed E-state index contributed by atoms with van der Waals surface area (Å²) in [5.41, 5.74) is 5.91. The normalized spacial score (nSPS) is 14.9. The van der Waals surface area contributed by atoms with Gasteiger partial charge in [-0.05, 0) is 46.3 Å². The van der Waals surface area contributed by atoms with E-state index in [0.717, 1.165) is 12.5 Å². The molecule has 0 spiro atoms. The van der Waals surface area contributed by atoms with Gasteiger partial charge in [0.1, 0.15) is 0 Å². The first kappa shape index (κ1) is 15.1. The monoisotopic (exact) mass is 315 g/mol. The van der Waals surface area contributed by atoms with Crippen LogP contribution >= 0.6 is 27.7 Å². The van der Waals surface area contributed by atoms with Gasteiger partial charge in [-0.2, -0.15) is 0 Å². The van der Waals surface area contributed by atoms with Crippen molar-refractivity contribution >= 4 is 27.7 Å². The van der Waals surface area contributed by atoms with Gasteiger partial charge in [0.05, 0.1) is 0 Å². The van der Waals surface area contributed by atoms with Crippen LogP contribution in [0.4, 0.5) is 0 Å². The molecule has 2 atom stereocenters. The molecule has 1 nitrogen and oxygen atoms in total. The molecule has 0 bridgehead atoms. The van der Waals surface area contributed by atoms with Gasteiger partial charge in [-0.1, -0.05) is 32.9 Å². The molecule has 0 aromatic heterocycles. The molecule has 0 saturated carbocycles. The molecule has 0 fully saturated rings. The minimum atomic E-state index is 0.496. The molecular weight excluding hydrogens is 294 g/mol. The summed E-state index contributed by atoms with van der Waals surface area (Å²) >= 11 is 5.49. The average Bonchev–Trinajstić information content (AvgIpc) is 2.27. The third-order valence-electron chi connectivity index (χ3n) is 2.83. The van der Waals surface area contributed by atoms with Gasteiger partial charge in [-0.3, -0.25) is 0 Å². The highest BCUT2D eigenvalue weighted by Gasteiger charge is 2.19. The SMILES string of the molecule is CC(C)CC(C)C(CN)Sc1ccccc1Br. The van der Waals surface area contributed by atoms with E-state index in [1.54, 1.807) is 0 Å². The lowest BCUT2D eigenvalue weighted by Gasteiger charge is -2.24. The molecule has 17 heavy (non-hydrogen) atoms. The molecule has 0 aliphatic carbocycles. The van der Waals surface area contributed by atoms with Crippen molar-refractivity contribution in [1.29, 1.82) is 0 Å². The van der Waals surface area contributed by atoms with Crippen molar-refractivity contribution in [2.45, 2.75) is 37.3 Å². The van der Waals surface area contributed by atoms with Gasteiger partial charge < -0.3 is 5.73 Å². The van der Waals surface area contributed by atoms with Crippen LogP contribution in [0.25, 0.3) is 0 Å². The maximum Gasteiger partial charge on any atom is 0.0311 e. The number of hydrogen-bond acceptors (Lipinski definition) is 2. The second-order valence-corrected chi connectivity index (χ2v) is 7.06. The topological polar surface area (TPSA) is 26.0 Å². The fourth-order valence-electron chi connectivity index (χ4n) is 2.00. The molecule has 1 rings (SSSR count). The summed E-state index contributed by atoms with van der Waals surface area (Å²) in [6, 6.07) is 8.36. The van der Waals surface area contributed by atoms with Gasteiger partial charge in [-0.15, -0.1) is 11.8 Å². The van der Waals surface area contributed by atoms with E-state index in [4.69, 9.17) is 5.73 Å². The Bertz CT molecular complexity index is 341. The Morgan fingerprint density at radius 3 is 2.41 bits per heavy atom. The third kappa shape index (κ3) is 5.02. The predicted molar refractivity (Wildman–Crippen MR) is 81.5 cm³/mol. The molecule has 2 N–H and O–H groups in total. The van der Waals surface area contributed by atoms with Gasteiger partial charge in [0.2, 0.25) is 0 Å². The van der Waals surface area contributed by atoms with Gasteiger partial charge in [0.25, 0.3) is 0 Å². The minimum absolute atomic E-state index is 0.496. The number of rotatable bonds is 6. The molecule has 0 aliphatic heterocycles. The Morgan fingerprint density at radius 1 is 1.24 bits per heavy atom. The highest BCUT2D eigenvalue weighted by molar-refractivity contribution is 9.10. The van der Waals surface area contributed by atoms with E-state index < -0.39 is 0 Å². The van der Waals surface area contributed by atoms with Gasteiger partial charge in [0, 0.05) is 21.2 Å². The summed E-state index contributed by atoms with van der Waals surface area (Å²) in [6.45, 7) is 7.58. The summed E-state index contributed by atoms with van der Waals surface area (Å²) in [4.78, 5) is 1.29. The van der Waals surface area contributed by atoms with E-state index in [1.807, 2.05) is 17.8 Å². The number of hydrogen-bond donors (Lipinski definition) is 1. The van der Waals surface area contributed by atoms with Crippen molar-refractivity contribution in [2.24, 2.45) is 17.6 Å². The van der Waals surface area contributed by atoms with E-state index in [-0.39, 0.29) is 0 Å². The fraction of sp³-hybridized carbons (Fsp3) is 0.571. The van der Waals surface area contributed by atoms with Crippen LogP contribution in [0.5, 0.6) is 0 Å². The zero-order valence-electron chi connectivity index (χ0n) is 10.8. The van der Waals surface area contributed by atoms with Crippen LogP contribution in [0.2, 0.25) is 0 Å². The van der Waals surface area contributed by atoms with Crippen LogP contribution in [-0.4, -0.2) is 11.8 Å². The lowest BCUT2D eigenvalue weighted by atomic mass is 9.96. The van der Waals surface area contributed by atoms with E-state index in [2.05, 4.69) is 54.9 Å². The van der Waals surface area contributed by atoms with Crippen LogP contribution in [0, 0.1) is 11.8 Å². The fourth-order valence-corrected chi connectivity index (χ4v) is 3.66. The van der Waals surface area contributed by atoms with Crippen molar-refractivity contribution < 1.29 is 0 Å². The van der Waals surface area contributed by atoms with Crippen molar-refractivity contribution in [3.05, 3.63) is 28.7 Å². The third-order valence-corrected chi connectivity index (χ3v) is 5.35. The minimum Gasteiger partial charge on any atom is -0.329 e. The predicted octanol–water partition coefficient (Wildman–Crippen LogP) is 4.55. The first-order valence-corrected chi connectivity index (χ1v) is 7.83. The molecule has 0 saturated heterocycles. The van der Waals surface area contributed by atoms with Crippen molar-refractivity contribution in [1.82, 2.24) is 0 Å². The summed E-state index contributed by atoms with van der Waals surface area (Å²) in [6.07, 6.45) is 1.24. The first-order chi connectivity index (χ1) is 8.04. The Hall–Kier alpha value is 0.01000. The zero-order chi connectivity index (χ0) is 12.8. The molecule has 96 valence electrons. The maximum atomic E-state index is 5.91. The molecule has 0 amide bonds. The quantitative estimate of drug-likeness (QED) is 0.779. The molecule has 0 radical (unpaired) electrons. The number of nitrogens with two attached hydrogens (primary N) is 1. The Morgan fingerprint density at radius 2 is 1.88 bits per heavy atom. The lowest BCUT2D eigenvalue weighted by Crippen LogP contribution is -2.25. The van der Waals surface area contributed by atoms with Crippen molar-refractivity contribution in [3.63, 3.8) is 0 Å². The lowest BCUT2D eigenvalue weighted by molar-refractivity contribution is 0.428. The van der Waals surface area contributed by atoms with Crippen LogP contribution in [0.3, 0.4) is 0 Å². The van der Waals surface area contributed by atoms with E-state index in [0.29, 0.717) is 11.2 Å². The highest BCUT2D eigenvalue weighted by Crippen LogP contribution is 2.34. The van der Waals surface area contributed by atoms with Crippen molar-refractivity contribution in [3.8, 4) is 0 Å². The standard InChI is InChI=1S/C14H22BrNS/c1-10(2)8-11(3)14(9-16)17-13-7-5-4-6-12(13)15/h4-7,10-11,14H,8-9,16H2,1-3H3. The molecular formula is C14H22BrNS. The van der Waals surface area contributed by atoms with E-state index in [9.17, 15) is 0 Å². The Kier molecular flexibility index (Phi) is 6.60. The molecule has 1 aromatic rings. The van der Waals surface area contributed by atoms with E-state index >= 15 is 0 Å². The highest BCUT2D eigenvalue weighted by atomic mass is 79.9. The van der Waals surface area contributed by atoms with Gasteiger partial charge >= 0.3 is 0 Å². The molecule has 2 unspecified atom stereocenters. The molecule has 1 aromatic carbocycles. The van der Waals surface area contributed by atoms with Gasteiger partial charge in [0.15, 0.2) is 0 Å². The molecule has 3 heteroatoms. The van der Waals surface area contributed by atoms with Crippen LogP contribution in [-0.2, 0) is 0 Å². The summed E-state index contributed by atoms with van der Waals surface area (Å²) < 4.78 is 1.17. The van der Waals surface area contributed by atoms with E-state index in [1.165, 1.54) is 15.8 Å². The Balaban J connectivity index is 2.66. The number of benzene rings is 1. The second kappa shape index (κ2) is 7.45. The summed E-state index contributed by atoms with van der Waals surface area (Å²) in [7, 11) is 0. The largest absolute Gasteiger partial charge is 0.329 e. The van der Waals surface area contributed by atoms with Crippen LogP contribution in [0.15, 0.2) is 33.6 Å². The number of halogens is 1. The average molecular weight is 316 g/mol. The summed E-state index contributed by atoms with van der Waals surface area (Å²) in [5.74, 6) is 1.39. The molecule has 0 aliphatic rings. The first-order valence-electron chi connectivity index (χ1n) is 6.15. The zero-order valence-corrected chi connectivity index (χ0v) is 13.2. The van der Waals surface area contributed by atoms with Gasteiger partial charge in [-0.25, -0.2) is 0 Å². The second-order valence-electron chi connectivity index (χ2n) is 4.93. The molecule has 0 heterocycles. The smallest absolute Gasteiger partial charge is 0.0311 e. The van der Waals surface area contributed by atoms with Crippen LogP contribution in [0.1, 0.15) is 27.2 Å². The number of thioether (sulfide) groups is 1. The Labute approximate surface area is 118 Å². The summed E-state index contributed by atoms with van der Waals surface area (Å²) in [5, 5.41) is 0.496. The van der Waals surface area contributed by atoms with Crippen molar-refractivity contribution in [2.75, 3.05) is 6.54 Å².